The maximum absolute atomic E-state index is 13.4. The van der Waals surface area contributed by atoms with E-state index in [1.54, 1.807) is 12.4 Å². The van der Waals surface area contributed by atoms with Crippen molar-refractivity contribution >= 4 is 51.0 Å². The fourth-order valence-corrected chi connectivity index (χ4v) is 6.29. The Bertz CT molecular complexity index is 1820. The lowest BCUT2D eigenvalue weighted by atomic mass is 10.2. The Labute approximate surface area is 234 Å². The summed E-state index contributed by atoms with van der Waals surface area (Å²) in [6.07, 6.45) is 7.05. The van der Waals surface area contributed by atoms with Crippen LogP contribution in [-0.2, 0) is 4.79 Å². The number of hydrogen-bond acceptors (Lipinski definition) is 6. The highest BCUT2D eigenvalue weighted by atomic mass is 32.1. The number of nitrogens with zero attached hydrogens (tertiary/aromatic N) is 3. The van der Waals surface area contributed by atoms with E-state index in [-0.39, 0.29) is 23.9 Å². The molecular formula is C30H28N6O3S. The summed E-state index contributed by atoms with van der Waals surface area (Å²) in [6, 6.07) is 13.3. The van der Waals surface area contributed by atoms with Crippen molar-refractivity contribution in [3.63, 3.8) is 0 Å². The van der Waals surface area contributed by atoms with Crippen LogP contribution in [0.15, 0.2) is 67.5 Å². The number of nitrogens with one attached hydrogen (secondary N) is 3. The van der Waals surface area contributed by atoms with Crippen molar-refractivity contribution < 1.29 is 14.3 Å². The van der Waals surface area contributed by atoms with E-state index in [0.717, 1.165) is 39.8 Å². The van der Waals surface area contributed by atoms with Gasteiger partial charge in [-0.3, -0.25) is 14.2 Å². The predicted octanol–water partition coefficient (Wildman–Crippen LogP) is 4.71. The van der Waals surface area contributed by atoms with Crippen LogP contribution in [-0.4, -0.2) is 43.4 Å². The molecular weight excluding hydrogens is 524 g/mol. The van der Waals surface area contributed by atoms with Crippen LogP contribution in [0, 0.1) is 6.92 Å². The zero-order valence-corrected chi connectivity index (χ0v) is 22.8. The molecule has 202 valence electrons. The lowest BCUT2D eigenvalue weighted by molar-refractivity contribution is -0.117. The van der Waals surface area contributed by atoms with E-state index >= 15 is 0 Å². The number of pyridine rings is 2. The molecule has 3 N–H and O–H groups in total. The van der Waals surface area contributed by atoms with Gasteiger partial charge in [0.2, 0.25) is 11.8 Å². The molecule has 5 aromatic rings. The highest BCUT2D eigenvalue weighted by Crippen LogP contribution is 2.34. The largest absolute Gasteiger partial charge is 0.439 e. The molecule has 0 bridgehead atoms. The second-order valence-corrected chi connectivity index (χ2v) is 10.8. The van der Waals surface area contributed by atoms with Gasteiger partial charge in [-0.05, 0) is 56.0 Å². The lowest BCUT2D eigenvalue weighted by Crippen LogP contribution is -2.36. The van der Waals surface area contributed by atoms with Gasteiger partial charge >= 0.3 is 0 Å². The molecule has 9 nitrogen and oxygen atoms in total. The van der Waals surface area contributed by atoms with Gasteiger partial charge in [-0.1, -0.05) is 31.4 Å². The van der Waals surface area contributed by atoms with Crippen LogP contribution < -0.4 is 20.9 Å². The van der Waals surface area contributed by atoms with Crippen LogP contribution in [0.1, 0.15) is 34.5 Å². The summed E-state index contributed by atoms with van der Waals surface area (Å²) in [5.74, 6) is 0.848. The fraction of sp³-hybridized carbons (Fsp3) is 0.200. The average Bonchev–Trinajstić information content (AvgIpc) is 3.55. The van der Waals surface area contributed by atoms with Crippen molar-refractivity contribution in [1.82, 2.24) is 30.2 Å². The molecule has 0 saturated heterocycles. The second kappa shape index (κ2) is 10.5. The molecule has 4 aromatic heterocycles. The Kier molecular flexibility index (Phi) is 6.69. The molecule has 6 rings (SSSR count). The predicted molar refractivity (Wildman–Crippen MR) is 157 cm³/mol. The molecule has 2 atom stereocenters. The van der Waals surface area contributed by atoms with E-state index < -0.39 is 0 Å². The molecule has 1 unspecified atom stereocenters. The number of amides is 2. The summed E-state index contributed by atoms with van der Waals surface area (Å²) in [6.45, 7) is 9.78. The first kappa shape index (κ1) is 25.6. The number of carbonyl (C=O) groups excluding carboxylic acids is 2. The molecule has 10 heteroatoms. The summed E-state index contributed by atoms with van der Waals surface area (Å²) in [5, 5.41) is 6.93. The molecule has 40 heavy (non-hydrogen) atoms. The quantitative estimate of drug-likeness (QED) is 0.253. The van der Waals surface area contributed by atoms with Gasteiger partial charge in [0.05, 0.1) is 28.3 Å². The van der Waals surface area contributed by atoms with E-state index in [0.29, 0.717) is 33.9 Å². The normalized spacial score (nSPS) is 16.7. The molecule has 1 aliphatic rings. The molecule has 0 aliphatic heterocycles. The van der Waals surface area contributed by atoms with Crippen LogP contribution in [0.4, 0.5) is 0 Å². The Hall–Kier alpha value is -4.70. The lowest BCUT2D eigenvalue weighted by Gasteiger charge is -2.16. The number of benzene rings is 1. The zero-order valence-electron chi connectivity index (χ0n) is 21.9. The number of rotatable bonds is 7. The van der Waals surface area contributed by atoms with Crippen LogP contribution >= 0.6 is 11.3 Å². The number of thiophene rings is 1. The van der Waals surface area contributed by atoms with E-state index in [4.69, 9.17) is 4.74 Å². The number of aryl methyl sites for hydroxylation is 1. The molecule has 4 heterocycles. The Morgan fingerprint density at radius 1 is 1.15 bits per heavy atom. The van der Waals surface area contributed by atoms with Gasteiger partial charge in [0.25, 0.3) is 5.91 Å². The molecule has 1 aliphatic carbocycles. The summed E-state index contributed by atoms with van der Waals surface area (Å²) < 4.78 is 7.90. The number of carbonyl (C=O) groups is 2. The first-order chi connectivity index (χ1) is 19.4. The van der Waals surface area contributed by atoms with Crippen LogP contribution in [0.25, 0.3) is 33.5 Å². The molecule has 0 radical (unpaired) electrons. The van der Waals surface area contributed by atoms with Crippen LogP contribution in [0.2, 0.25) is 0 Å². The van der Waals surface area contributed by atoms with Gasteiger partial charge in [-0.25, -0.2) is 9.97 Å². The summed E-state index contributed by atoms with van der Waals surface area (Å²) >= 11 is 1.34. The topological polar surface area (TPSA) is 114 Å². The van der Waals surface area contributed by atoms with Crippen LogP contribution in [0.3, 0.4) is 0 Å². The van der Waals surface area contributed by atoms with Crippen molar-refractivity contribution in [1.29, 1.82) is 0 Å². The molecule has 1 saturated carbocycles. The standard InChI is InChI=1S/C30H28N6O3S/c1-4-24(37)34-19-10-11-20(15-19)35-29(38)28-27-26-22(12-13-31-30(26)40-28)36(18(3)33-27)23-16-32-25(14-17(23)2)39-21-8-6-5-7-9-21/h4-9,12-14,16,19-20,33H,1,3,10-11,15H2,2H3,(H,34,37)(H,35,38)/t19?,20-/m1/s1. The summed E-state index contributed by atoms with van der Waals surface area (Å²) in [4.78, 5) is 38.9. The first-order valence-electron chi connectivity index (χ1n) is 13.0. The molecule has 1 aromatic carbocycles. The fourth-order valence-electron chi connectivity index (χ4n) is 5.27. The third-order valence-corrected chi connectivity index (χ3v) is 8.22. The minimum Gasteiger partial charge on any atom is -0.439 e. The highest BCUT2D eigenvalue weighted by Gasteiger charge is 2.28. The Morgan fingerprint density at radius 3 is 2.67 bits per heavy atom. The van der Waals surface area contributed by atoms with Gasteiger partial charge in [-0.2, -0.15) is 0 Å². The Morgan fingerprint density at radius 2 is 1.93 bits per heavy atom. The van der Waals surface area contributed by atoms with E-state index in [9.17, 15) is 9.59 Å². The van der Waals surface area contributed by atoms with E-state index in [2.05, 4.69) is 38.7 Å². The molecule has 1 fully saturated rings. The summed E-state index contributed by atoms with van der Waals surface area (Å²) in [5.41, 5.74) is 3.96. The first-order valence-corrected chi connectivity index (χ1v) is 13.8. The van der Waals surface area contributed by atoms with Gasteiger partial charge in [0.15, 0.2) is 0 Å². The SMILES string of the molecule is C=CC(=O)NC1CC[C@@H](NC(=O)c2sc3nccc4c3c2[nH]c(=C)n4-c2cnc(Oc3ccccc3)cc2C)C1. The van der Waals surface area contributed by atoms with Crippen molar-refractivity contribution in [3.05, 3.63) is 83.4 Å². The number of para-hydroxylation sites is 1. The minimum atomic E-state index is -0.194. The smallest absolute Gasteiger partial charge is 0.263 e. The van der Waals surface area contributed by atoms with Gasteiger partial charge < -0.3 is 20.4 Å². The third-order valence-electron chi connectivity index (χ3n) is 7.12. The van der Waals surface area contributed by atoms with Crippen molar-refractivity contribution in [3.8, 4) is 17.3 Å². The molecule has 0 spiro atoms. The number of aromatic amines is 1. The third kappa shape index (κ3) is 4.77. The zero-order chi connectivity index (χ0) is 27.8. The number of aromatic nitrogens is 4. The van der Waals surface area contributed by atoms with Crippen LogP contribution in [0.5, 0.6) is 11.6 Å². The minimum absolute atomic E-state index is 0.0256. The Balaban J connectivity index is 1.32. The van der Waals surface area contributed by atoms with E-state index in [1.165, 1.54) is 17.4 Å². The number of ether oxygens (including phenoxy) is 1. The summed E-state index contributed by atoms with van der Waals surface area (Å²) in [7, 11) is 0. The van der Waals surface area contributed by atoms with Crippen molar-refractivity contribution in [2.45, 2.75) is 38.3 Å². The van der Waals surface area contributed by atoms with Crippen molar-refractivity contribution in [2.24, 2.45) is 0 Å². The van der Waals surface area contributed by atoms with Crippen molar-refractivity contribution in [2.75, 3.05) is 0 Å². The average molecular weight is 553 g/mol. The monoisotopic (exact) mass is 552 g/mol. The van der Waals surface area contributed by atoms with Gasteiger partial charge in [0, 0.05) is 24.3 Å². The van der Waals surface area contributed by atoms with Gasteiger partial charge in [-0.15, -0.1) is 11.3 Å². The molecule has 2 amide bonds. The second-order valence-electron chi connectivity index (χ2n) is 9.84. The highest BCUT2D eigenvalue weighted by molar-refractivity contribution is 7.21. The maximum Gasteiger partial charge on any atom is 0.263 e. The maximum atomic E-state index is 13.4. The number of H-pyrrole nitrogens is 1. The van der Waals surface area contributed by atoms with E-state index in [1.807, 2.05) is 54.0 Å². The van der Waals surface area contributed by atoms with Gasteiger partial charge in [0.1, 0.15) is 20.9 Å². The number of hydrogen-bond donors (Lipinski definition) is 3.